The molecule has 1 N–H and O–H groups in total. The molecule has 0 atom stereocenters. The first-order valence-electron chi connectivity index (χ1n) is 6.42. The lowest BCUT2D eigenvalue weighted by atomic mass is 10.1. The van der Waals surface area contributed by atoms with Crippen LogP contribution in [0.2, 0.25) is 0 Å². The predicted molar refractivity (Wildman–Crippen MR) is 73.9 cm³/mol. The lowest BCUT2D eigenvalue weighted by molar-refractivity contribution is -0.133. The highest BCUT2D eigenvalue weighted by Crippen LogP contribution is 2.32. The Bertz CT molecular complexity index is 516. The number of carbonyl (C=O) groups excluding carboxylic acids is 2. The van der Waals surface area contributed by atoms with Gasteiger partial charge in [0.05, 0.1) is 18.8 Å². The van der Waals surface area contributed by atoms with E-state index in [-0.39, 0.29) is 25.0 Å². The van der Waals surface area contributed by atoms with Crippen LogP contribution in [-0.2, 0) is 14.3 Å². The van der Waals surface area contributed by atoms with E-state index in [4.69, 9.17) is 9.47 Å². The number of aryl methyl sites for hydroxylation is 1. The largest absolute Gasteiger partial charge is 0.423 e. The average Bonchev–Trinajstić information content (AvgIpc) is 2.40. The van der Waals surface area contributed by atoms with E-state index in [0.717, 1.165) is 11.3 Å². The Balaban J connectivity index is 2.07. The average molecular weight is 278 g/mol. The molecule has 20 heavy (non-hydrogen) atoms. The molecule has 0 saturated heterocycles. The molecule has 0 radical (unpaired) electrons. The number of ether oxygens (including phenoxy) is 2. The van der Waals surface area contributed by atoms with E-state index in [0.29, 0.717) is 18.9 Å². The van der Waals surface area contributed by atoms with Gasteiger partial charge in [0.1, 0.15) is 6.54 Å². The summed E-state index contributed by atoms with van der Waals surface area (Å²) in [7, 11) is 1.58. The SMILES string of the molecule is COCCNC(=O)CN1CC(=O)Oc2ccc(C)cc21. The molecule has 1 heterocycles. The molecule has 1 aliphatic rings. The number of methoxy groups -OCH3 is 1. The van der Waals surface area contributed by atoms with Crippen LogP contribution in [0.25, 0.3) is 0 Å². The monoisotopic (exact) mass is 278 g/mol. The van der Waals surface area contributed by atoms with Crippen LogP contribution < -0.4 is 15.0 Å². The van der Waals surface area contributed by atoms with E-state index in [9.17, 15) is 9.59 Å². The maximum Gasteiger partial charge on any atom is 0.331 e. The van der Waals surface area contributed by atoms with Crippen molar-refractivity contribution in [2.24, 2.45) is 0 Å². The molecule has 0 fully saturated rings. The summed E-state index contributed by atoms with van der Waals surface area (Å²) in [6.45, 7) is 3.06. The Kier molecular flexibility index (Phi) is 4.57. The molecule has 1 aromatic carbocycles. The number of fused-ring (bicyclic) bond motifs is 1. The van der Waals surface area contributed by atoms with Gasteiger partial charge >= 0.3 is 5.97 Å². The molecular formula is C14H18N2O4. The summed E-state index contributed by atoms with van der Waals surface area (Å²) in [5, 5.41) is 2.73. The van der Waals surface area contributed by atoms with E-state index in [1.165, 1.54) is 0 Å². The van der Waals surface area contributed by atoms with E-state index in [1.807, 2.05) is 19.1 Å². The number of hydrogen-bond donors (Lipinski definition) is 1. The van der Waals surface area contributed by atoms with E-state index in [2.05, 4.69) is 5.32 Å². The molecule has 0 unspecified atom stereocenters. The lowest BCUT2D eigenvalue weighted by Crippen LogP contribution is -2.44. The van der Waals surface area contributed by atoms with Gasteiger partial charge in [0.25, 0.3) is 0 Å². The molecule has 1 aromatic rings. The molecular weight excluding hydrogens is 260 g/mol. The topological polar surface area (TPSA) is 67.9 Å². The Morgan fingerprint density at radius 1 is 1.50 bits per heavy atom. The number of nitrogens with one attached hydrogen (secondary N) is 1. The van der Waals surface area contributed by atoms with Gasteiger partial charge in [-0.15, -0.1) is 0 Å². The summed E-state index contributed by atoms with van der Waals surface area (Å²) in [4.78, 5) is 25.1. The molecule has 0 aliphatic carbocycles. The van der Waals surface area contributed by atoms with Crippen molar-refractivity contribution in [2.75, 3.05) is 38.3 Å². The highest BCUT2D eigenvalue weighted by molar-refractivity contribution is 5.89. The van der Waals surface area contributed by atoms with Crippen molar-refractivity contribution in [1.29, 1.82) is 0 Å². The first-order valence-corrected chi connectivity index (χ1v) is 6.42. The number of hydrogen-bond acceptors (Lipinski definition) is 5. The molecule has 108 valence electrons. The minimum Gasteiger partial charge on any atom is -0.423 e. The molecule has 0 bridgehead atoms. The summed E-state index contributed by atoms with van der Waals surface area (Å²) in [6, 6.07) is 5.52. The summed E-state index contributed by atoms with van der Waals surface area (Å²) < 4.78 is 10.0. The second-order valence-electron chi connectivity index (χ2n) is 4.64. The van der Waals surface area contributed by atoms with Gasteiger partial charge in [-0.05, 0) is 24.6 Å². The van der Waals surface area contributed by atoms with E-state index >= 15 is 0 Å². The first kappa shape index (κ1) is 14.3. The lowest BCUT2D eigenvalue weighted by Gasteiger charge is -2.29. The second kappa shape index (κ2) is 6.38. The molecule has 6 heteroatoms. The molecule has 0 saturated carbocycles. The third-order valence-corrected chi connectivity index (χ3v) is 2.96. The number of amides is 1. The van der Waals surface area contributed by atoms with Crippen LogP contribution >= 0.6 is 0 Å². The van der Waals surface area contributed by atoms with Gasteiger partial charge in [-0.25, -0.2) is 4.79 Å². The number of benzene rings is 1. The molecule has 1 aliphatic heterocycles. The maximum atomic E-state index is 11.8. The van der Waals surface area contributed by atoms with Crippen LogP contribution in [0, 0.1) is 6.92 Å². The van der Waals surface area contributed by atoms with Gasteiger partial charge in [0.2, 0.25) is 5.91 Å². The van der Waals surface area contributed by atoms with Crippen molar-refractivity contribution >= 4 is 17.6 Å². The number of rotatable bonds is 5. The Hall–Kier alpha value is -2.08. The smallest absolute Gasteiger partial charge is 0.331 e. The molecule has 1 amide bonds. The van der Waals surface area contributed by atoms with Gasteiger partial charge in [-0.3, -0.25) is 4.79 Å². The fraction of sp³-hybridized carbons (Fsp3) is 0.429. The van der Waals surface area contributed by atoms with Gasteiger partial charge < -0.3 is 19.7 Å². The normalized spacial score (nSPS) is 13.7. The third kappa shape index (κ3) is 3.48. The van der Waals surface area contributed by atoms with Crippen molar-refractivity contribution in [3.8, 4) is 5.75 Å². The quantitative estimate of drug-likeness (QED) is 0.482. The van der Waals surface area contributed by atoms with Gasteiger partial charge in [0, 0.05) is 13.7 Å². The Labute approximate surface area is 117 Å². The van der Waals surface area contributed by atoms with E-state index in [1.54, 1.807) is 18.1 Å². The minimum atomic E-state index is -0.356. The number of anilines is 1. The van der Waals surface area contributed by atoms with E-state index < -0.39 is 0 Å². The highest BCUT2D eigenvalue weighted by atomic mass is 16.5. The van der Waals surface area contributed by atoms with Gasteiger partial charge in [-0.2, -0.15) is 0 Å². The van der Waals surface area contributed by atoms with Crippen molar-refractivity contribution in [2.45, 2.75) is 6.92 Å². The zero-order valence-corrected chi connectivity index (χ0v) is 11.6. The first-order chi connectivity index (χ1) is 9.60. The number of esters is 1. The van der Waals surface area contributed by atoms with Crippen LogP contribution in [-0.4, -0.2) is 45.2 Å². The van der Waals surface area contributed by atoms with Gasteiger partial charge in [0.15, 0.2) is 5.75 Å². The Morgan fingerprint density at radius 3 is 3.05 bits per heavy atom. The fourth-order valence-electron chi connectivity index (χ4n) is 2.02. The molecule has 0 aromatic heterocycles. The van der Waals surface area contributed by atoms with Crippen LogP contribution in [0.3, 0.4) is 0 Å². The zero-order chi connectivity index (χ0) is 14.5. The second-order valence-corrected chi connectivity index (χ2v) is 4.64. The van der Waals surface area contributed by atoms with Crippen molar-refractivity contribution in [3.63, 3.8) is 0 Å². The summed E-state index contributed by atoms with van der Waals surface area (Å²) in [5.74, 6) is -0.00760. The summed E-state index contributed by atoms with van der Waals surface area (Å²) >= 11 is 0. The number of carbonyl (C=O) groups is 2. The maximum absolute atomic E-state index is 11.8. The van der Waals surface area contributed by atoms with Crippen LogP contribution in [0.15, 0.2) is 18.2 Å². The highest BCUT2D eigenvalue weighted by Gasteiger charge is 2.25. The van der Waals surface area contributed by atoms with Crippen LogP contribution in [0.4, 0.5) is 5.69 Å². The molecule has 6 nitrogen and oxygen atoms in total. The van der Waals surface area contributed by atoms with Crippen LogP contribution in [0.5, 0.6) is 5.75 Å². The van der Waals surface area contributed by atoms with Crippen molar-refractivity contribution in [1.82, 2.24) is 5.32 Å². The summed E-state index contributed by atoms with van der Waals surface area (Å²) in [5.41, 5.74) is 1.82. The van der Waals surface area contributed by atoms with Gasteiger partial charge in [-0.1, -0.05) is 6.07 Å². The predicted octanol–water partition coefficient (Wildman–Crippen LogP) is 0.483. The Morgan fingerprint density at radius 2 is 2.30 bits per heavy atom. The molecule has 0 spiro atoms. The summed E-state index contributed by atoms with van der Waals surface area (Å²) in [6.07, 6.45) is 0. The minimum absolute atomic E-state index is 0.0775. The number of nitrogens with zero attached hydrogens (tertiary/aromatic N) is 1. The fourth-order valence-corrected chi connectivity index (χ4v) is 2.02. The third-order valence-electron chi connectivity index (χ3n) is 2.96. The van der Waals surface area contributed by atoms with Crippen molar-refractivity contribution in [3.05, 3.63) is 23.8 Å². The standard InChI is InChI=1S/C14H18N2O4/c1-10-3-4-12-11(7-10)16(9-14(18)20-12)8-13(17)15-5-6-19-2/h3-4,7H,5-6,8-9H2,1-2H3,(H,15,17). The van der Waals surface area contributed by atoms with Crippen LogP contribution in [0.1, 0.15) is 5.56 Å². The van der Waals surface area contributed by atoms with Crippen molar-refractivity contribution < 1.29 is 19.1 Å². The zero-order valence-electron chi connectivity index (χ0n) is 11.6. The molecule has 2 rings (SSSR count).